The minimum absolute atomic E-state index is 0.0861. The first-order valence-corrected chi connectivity index (χ1v) is 16.6. The zero-order chi connectivity index (χ0) is 34.2. The number of H-pyrrole nitrogens is 1. The van der Waals surface area contributed by atoms with Gasteiger partial charge in [0.2, 0.25) is 5.91 Å². The van der Waals surface area contributed by atoms with Crippen LogP contribution in [0.15, 0.2) is 84.0 Å². The number of aliphatic hydroxyl groups excluding tert-OH is 1. The van der Waals surface area contributed by atoms with Crippen LogP contribution in [-0.4, -0.2) is 81.4 Å². The highest BCUT2D eigenvalue weighted by molar-refractivity contribution is 6.32. The van der Waals surface area contributed by atoms with Gasteiger partial charge in [0.05, 0.1) is 41.0 Å². The van der Waals surface area contributed by atoms with Crippen molar-refractivity contribution in [3.05, 3.63) is 89.4 Å². The van der Waals surface area contributed by atoms with Crippen molar-refractivity contribution in [3.63, 3.8) is 0 Å². The Labute approximate surface area is 289 Å². The van der Waals surface area contributed by atoms with Crippen LogP contribution in [0.1, 0.15) is 18.4 Å². The summed E-state index contributed by atoms with van der Waals surface area (Å²) in [6, 6.07) is 25.1. The summed E-state index contributed by atoms with van der Waals surface area (Å²) in [5, 5.41) is 20.5. The van der Waals surface area contributed by atoms with Crippen molar-refractivity contribution in [3.8, 4) is 23.0 Å². The van der Waals surface area contributed by atoms with E-state index in [1.165, 1.54) is 0 Å². The highest BCUT2D eigenvalue weighted by atomic mass is 35.5. The number of anilines is 1. The van der Waals surface area contributed by atoms with Crippen LogP contribution in [0.4, 0.5) is 5.69 Å². The molecule has 1 atom stereocenters. The number of hydrogen-bond donors (Lipinski definition) is 4. The number of hydrogen-bond acceptors (Lipinski definition) is 9. The van der Waals surface area contributed by atoms with Crippen LogP contribution < -0.4 is 34.6 Å². The molecule has 0 bridgehead atoms. The lowest BCUT2D eigenvalue weighted by Crippen LogP contribution is -2.33. The lowest BCUT2D eigenvalue weighted by molar-refractivity contribution is -0.121. The molecule has 1 unspecified atom stereocenters. The van der Waals surface area contributed by atoms with Gasteiger partial charge in [-0.1, -0.05) is 41.9 Å². The van der Waals surface area contributed by atoms with E-state index in [9.17, 15) is 9.90 Å². The van der Waals surface area contributed by atoms with Crippen molar-refractivity contribution < 1.29 is 28.8 Å². The van der Waals surface area contributed by atoms with E-state index in [0.29, 0.717) is 73.7 Å². The maximum Gasteiger partial charge on any atom is 0.240 e. The Balaban J connectivity index is 1.05. The number of rotatable bonds is 16. The van der Waals surface area contributed by atoms with Crippen molar-refractivity contribution in [1.82, 2.24) is 15.7 Å². The molecule has 0 spiro atoms. The zero-order valence-electron chi connectivity index (χ0n) is 27.5. The van der Waals surface area contributed by atoms with Crippen molar-refractivity contribution >= 4 is 50.7 Å². The molecule has 1 aliphatic rings. The number of aromatic nitrogens is 1. The summed E-state index contributed by atoms with van der Waals surface area (Å²) in [5.74, 6) is 2.54. The van der Waals surface area contributed by atoms with Crippen molar-refractivity contribution in [1.29, 1.82) is 0 Å². The molecule has 256 valence electrons. The normalized spacial score (nSPS) is 13.6. The molecule has 1 aromatic heterocycles. The number of aromatic amines is 1. The highest BCUT2D eigenvalue weighted by Gasteiger charge is 2.18. The van der Waals surface area contributed by atoms with Crippen LogP contribution in [-0.2, 0) is 4.79 Å². The SMILES string of the molecule is COc1ccccc1OCCNCC(O)COc1ccc(N(C)CCOc2ccc(C3=NNC(=O)CC3)cc2Cl)c2[nH]c3ccccc3c12. The molecular formula is C37H40ClN5O6. The smallest absolute Gasteiger partial charge is 0.240 e. The maximum absolute atomic E-state index is 11.4. The highest BCUT2D eigenvalue weighted by Crippen LogP contribution is 2.38. The van der Waals surface area contributed by atoms with Gasteiger partial charge >= 0.3 is 0 Å². The minimum Gasteiger partial charge on any atom is -0.493 e. The molecule has 0 fully saturated rings. The first-order valence-electron chi connectivity index (χ1n) is 16.2. The van der Waals surface area contributed by atoms with Crippen LogP contribution in [0.2, 0.25) is 5.02 Å². The fourth-order valence-corrected chi connectivity index (χ4v) is 5.96. The molecular weight excluding hydrogens is 646 g/mol. The van der Waals surface area contributed by atoms with Gasteiger partial charge in [-0.2, -0.15) is 5.10 Å². The van der Waals surface area contributed by atoms with Gasteiger partial charge in [-0.15, -0.1) is 0 Å². The predicted molar refractivity (Wildman–Crippen MR) is 193 cm³/mol. The first kappa shape index (κ1) is 33.9. The predicted octanol–water partition coefficient (Wildman–Crippen LogP) is 5.52. The maximum atomic E-state index is 11.4. The van der Waals surface area contributed by atoms with E-state index in [1.54, 1.807) is 7.11 Å². The number of ether oxygens (including phenoxy) is 4. The summed E-state index contributed by atoms with van der Waals surface area (Å²) >= 11 is 6.55. The van der Waals surface area contributed by atoms with E-state index in [0.717, 1.165) is 38.8 Å². The van der Waals surface area contributed by atoms with Crippen LogP contribution in [0, 0.1) is 0 Å². The number of likely N-dealkylation sites (N-methyl/N-ethyl adjacent to an activating group) is 1. The summed E-state index contributed by atoms with van der Waals surface area (Å²) in [7, 11) is 3.62. The van der Waals surface area contributed by atoms with Gasteiger partial charge < -0.3 is 39.3 Å². The number of para-hydroxylation sites is 3. The van der Waals surface area contributed by atoms with E-state index < -0.39 is 6.10 Å². The van der Waals surface area contributed by atoms with Gasteiger partial charge in [0, 0.05) is 43.9 Å². The number of nitrogens with one attached hydrogen (secondary N) is 3. The largest absolute Gasteiger partial charge is 0.493 e. The van der Waals surface area contributed by atoms with Gasteiger partial charge in [-0.25, -0.2) is 5.43 Å². The number of fused-ring (bicyclic) bond motifs is 3. The third-order valence-electron chi connectivity index (χ3n) is 8.28. The number of amides is 1. The second kappa shape index (κ2) is 16.0. The Kier molecular flexibility index (Phi) is 11.0. The lowest BCUT2D eigenvalue weighted by Gasteiger charge is -2.22. The Morgan fingerprint density at radius 3 is 2.51 bits per heavy atom. The second-order valence-electron chi connectivity index (χ2n) is 11.7. The number of aliphatic hydroxyl groups is 1. The number of carbonyl (C=O) groups excluding carboxylic acids is 1. The molecule has 4 aromatic carbocycles. The van der Waals surface area contributed by atoms with E-state index in [4.69, 9.17) is 30.5 Å². The van der Waals surface area contributed by atoms with Crippen LogP contribution in [0.5, 0.6) is 23.0 Å². The molecule has 4 N–H and O–H groups in total. The van der Waals surface area contributed by atoms with Crippen LogP contribution in [0.3, 0.4) is 0 Å². The number of benzene rings is 4. The average Bonchev–Trinajstić information content (AvgIpc) is 3.51. The molecule has 11 nitrogen and oxygen atoms in total. The average molecular weight is 686 g/mol. The molecule has 12 heteroatoms. The molecule has 0 radical (unpaired) electrons. The molecule has 49 heavy (non-hydrogen) atoms. The fourth-order valence-electron chi connectivity index (χ4n) is 5.73. The van der Waals surface area contributed by atoms with Crippen LogP contribution in [0.25, 0.3) is 21.8 Å². The third kappa shape index (κ3) is 8.19. The topological polar surface area (TPSA) is 130 Å². The van der Waals surface area contributed by atoms with Crippen molar-refractivity contribution in [2.24, 2.45) is 5.10 Å². The summed E-state index contributed by atoms with van der Waals surface area (Å²) < 4.78 is 23.4. The first-order chi connectivity index (χ1) is 23.9. The summed E-state index contributed by atoms with van der Waals surface area (Å²) in [6.07, 6.45) is 0.252. The molecule has 0 saturated carbocycles. The molecule has 0 saturated heterocycles. The summed E-state index contributed by atoms with van der Waals surface area (Å²) in [4.78, 5) is 17.1. The zero-order valence-corrected chi connectivity index (χ0v) is 28.3. The molecule has 6 rings (SSSR count). The number of hydrazone groups is 1. The number of halogens is 1. The van der Waals surface area contributed by atoms with Crippen molar-refractivity contribution in [2.45, 2.75) is 18.9 Å². The standard InChI is InChI=1S/C37H40ClN5O6/c1-43(18-20-48-31-14-11-24(21-27(31)38)28-12-16-35(45)42-41-28)30-13-15-34(36-26-7-3-4-8-29(26)40-37(30)36)49-23-25(44)22-39-17-19-47-33-10-6-5-9-32(33)46-2/h3-11,13-15,21,25,39-40,44H,12,16-20,22-23H2,1-2H3,(H,42,45). The Morgan fingerprint density at radius 2 is 1.71 bits per heavy atom. The van der Waals surface area contributed by atoms with E-state index in [2.05, 4.69) is 31.8 Å². The quantitative estimate of drug-likeness (QED) is 0.100. The third-order valence-corrected chi connectivity index (χ3v) is 8.58. The minimum atomic E-state index is -0.719. The molecule has 0 aliphatic carbocycles. The molecule has 5 aromatic rings. The van der Waals surface area contributed by atoms with Gasteiger partial charge in [0.15, 0.2) is 11.5 Å². The van der Waals surface area contributed by atoms with E-state index in [-0.39, 0.29) is 12.5 Å². The molecule has 2 heterocycles. The number of methoxy groups -OCH3 is 1. The second-order valence-corrected chi connectivity index (χ2v) is 12.1. The van der Waals surface area contributed by atoms with E-state index >= 15 is 0 Å². The lowest BCUT2D eigenvalue weighted by atomic mass is 10.0. The van der Waals surface area contributed by atoms with Gasteiger partial charge in [0.1, 0.15) is 37.4 Å². The molecule has 1 amide bonds. The van der Waals surface area contributed by atoms with Crippen molar-refractivity contribution in [2.75, 3.05) is 58.5 Å². The number of carbonyl (C=O) groups is 1. The molecule has 1 aliphatic heterocycles. The van der Waals surface area contributed by atoms with E-state index in [1.807, 2.05) is 79.8 Å². The number of nitrogens with zero attached hydrogens (tertiary/aromatic N) is 2. The van der Waals surface area contributed by atoms with Gasteiger partial charge in [-0.3, -0.25) is 4.79 Å². The Hall–Kier alpha value is -4.97. The summed E-state index contributed by atoms with van der Waals surface area (Å²) in [5.41, 5.74) is 7.08. The fraction of sp³-hybridized carbons (Fsp3) is 0.297. The van der Waals surface area contributed by atoms with Gasteiger partial charge in [-0.05, 0) is 54.1 Å². The monoisotopic (exact) mass is 685 g/mol. The Morgan fingerprint density at radius 1 is 0.939 bits per heavy atom. The summed E-state index contributed by atoms with van der Waals surface area (Å²) in [6.45, 7) is 2.46. The van der Waals surface area contributed by atoms with Crippen LogP contribution >= 0.6 is 11.6 Å². The van der Waals surface area contributed by atoms with Gasteiger partial charge in [0.25, 0.3) is 0 Å². The Bertz CT molecular complexity index is 1950.